The number of carbonyl (C=O) groups is 6. The Morgan fingerprint density at radius 2 is 1.16 bits per heavy atom. The Morgan fingerprint density at radius 3 is 1.62 bits per heavy atom. The molecule has 296 valence electrons. The summed E-state index contributed by atoms with van der Waals surface area (Å²) in [6.07, 6.45) is 0.821. The van der Waals surface area contributed by atoms with Gasteiger partial charge in [0.05, 0.1) is 24.4 Å². The van der Waals surface area contributed by atoms with Crippen LogP contribution in [0.2, 0.25) is 0 Å². The summed E-state index contributed by atoms with van der Waals surface area (Å²) in [4.78, 5) is 86.4. The molecule has 5 rings (SSSR count). The molecule has 0 saturated carbocycles. The van der Waals surface area contributed by atoms with Crippen molar-refractivity contribution < 1.29 is 38.2 Å². The summed E-state index contributed by atoms with van der Waals surface area (Å²) < 4.78 is 10.3. The lowest BCUT2D eigenvalue weighted by molar-refractivity contribution is -0.144. The van der Waals surface area contributed by atoms with Crippen molar-refractivity contribution in [3.05, 3.63) is 42.5 Å². The Balaban J connectivity index is 1.26. The van der Waals surface area contributed by atoms with E-state index in [0.717, 1.165) is 20.8 Å². The fourth-order valence-corrected chi connectivity index (χ4v) is 8.20. The van der Waals surface area contributed by atoms with Gasteiger partial charge in [0.2, 0.25) is 23.6 Å². The van der Waals surface area contributed by atoms with Crippen molar-refractivity contribution in [2.24, 2.45) is 11.8 Å². The van der Waals surface area contributed by atoms with Crippen LogP contribution < -0.4 is 21.3 Å². The van der Waals surface area contributed by atoms with Gasteiger partial charge in [-0.25, -0.2) is 14.6 Å². The van der Waals surface area contributed by atoms with Crippen LogP contribution in [0, 0.1) is 11.8 Å². The van der Waals surface area contributed by atoms with E-state index in [1.165, 1.54) is 25.6 Å². The second-order valence-corrected chi connectivity index (χ2v) is 16.2. The van der Waals surface area contributed by atoms with E-state index < -0.39 is 35.3 Å². The van der Waals surface area contributed by atoms with E-state index in [9.17, 15) is 28.8 Å². The third-order valence-corrected chi connectivity index (χ3v) is 11.7. The summed E-state index contributed by atoms with van der Waals surface area (Å²) >= 11 is 1.45. The standard InChI is InChI=1S/C39H51N7O8S/c1-22(2)29(43-36(51)53-7)32(47)45-19-9-17-38(45,5)34(49)40-25-13-11-24(12-14-25)31-42-27-16-15-26(21-28(27)55-31)41-35(50)39(6)18-10-20-46(39)33(48)30(23(3)4)44-37(52)54-8/h11-16,21-23,29-30H,9-10,17-20H2,1-8H3,(H,40,49)(H,41,50)(H,43,51)(H,44,52)/t29-,30-,38-,39-/m0/s1. The number of amides is 6. The van der Waals surface area contributed by atoms with Crippen molar-refractivity contribution in [2.75, 3.05) is 37.9 Å². The lowest BCUT2D eigenvalue weighted by Crippen LogP contribution is -2.59. The second-order valence-electron chi connectivity index (χ2n) is 15.1. The van der Waals surface area contributed by atoms with Gasteiger partial charge in [-0.2, -0.15) is 0 Å². The van der Waals surface area contributed by atoms with Gasteiger partial charge in [-0.3, -0.25) is 19.2 Å². The molecule has 16 heteroatoms. The number of carbonyl (C=O) groups excluding carboxylic acids is 6. The first-order chi connectivity index (χ1) is 26.0. The van der Waals surface area contributed by atoms with E-state index in [4.69, 9.17) is 14.5 Å². The minimum absolute atomic E-state index is 0.217. The number of ether oxygens (including phenoxy) is 2. The average molecular weight is 778 g/mol. The number of nitrogens with one attached hydrogen (secondary N) is 4. The van der Waals surface area contributed by atoms with Gasteiger partial charge in [0.25, 0.3) is 0 Å². The van der Waals surface area contributed by atoms with Crippen LogP contribution in [0.5, 0.6) is 0 Å². The molecular weight excluding hydrogens is 727 g/mol. The highest BCUT2D eigenvalue weighted by atomic mass is 32.1. The molecule has 2 aliphatic rings. The maximum atomic E-state index is 13.8. The Morgan fingerprint density at radius 1 is 0.709 bits per heavy atom. The zero-order chi connectivity index (χ0) is 40.2. The number of aromatic nitrogens is 1. The van der Waals surface area contributed by atoms with Gasteiger partial charge in [-0.1, -0.05) is 27.7 Å². The van der Waals surface area contributed by atoms with Crippen LogP contribution >= 0.6 is 11.3 Å². The highest BCUT2D eigenvalue weighted by molar-refractivity contribution is 7.21. The zero-order valence-electron chi connectivity index (χ0n) is 32.6. The van der Waals surface area contributed by atoms with Gasteiger partial charge in [0.15, 0.2) is 0 Å². The number of hydrogen-bond donors (Lipinski definition) is 4. The Kier molecular flexibility index (Phi) is 12.4. The van der Waals surface area contributed by atoms with Crippen molar-refractivity contribution in [2.45, 2.75) is 90.4 Å². The van der Waals surface area contributed by atoms with Crippen molar-refractivity contribution in [3.8, 4) is 10.6 Å². The molecule has 3 heterocycles. The minimum atomic E-state index is -1.12. The van der Waals surface area contributed by atoms with Crippen LogP contribution in [0.25, 0.3) is 20.8 Å². The van der Waals surface area contributed by atoms with Crippen LogP contribution in [-0.2, 0) is 28.7 Å². The highest BCUT2D eigenvalue weighted by Crippen LogP contribution is 2.36. The van der Waals surface area contributed by atoms with Crippen LogP contribution in [0.4, 0.5) is 21.0 Å². The van der Waals surface area contributed by atoms with Gasteiger partial charge in [-0.05, 0) is 93.8 Å². The number of anilines is 2. The molecule has 2 aliphatic heterocycles. The molecule has 0 unspecified atom stereocenters. The molecule has 0 spiro atoms. The normalized spacial score (nSPS) is 20.6. The minimum Gasteiger partial charge on any atom is -0.453 e. The molecule has 2 fully saturated rings. The summed E-state index contributed by atoms with van der Waals surface area (Å²) in [5, 5.41) is 11.9. The first-order valence-electron chi connectivity index (χ1n) is 18.5. The molecule has 4 N–H and O–H groups in total. The Labute approximate surface area is 324 Å². The predicted octanol–water partition coefficient (Wildman–Crippen LogP) is 5.36. The molecule has 2 saturated heterocycles. The SMILES string of the molecule is COC(=O)N[C@H](C(=O)N1CCC[C@@]1(C)C(=O)Nc1ccc(-c2nc3ccc(NC(=O)[C@]4(C)CCCN4C(=O)[C@@H](NC(=O)OC)C(C)C)cc3s2)cc1)C(C)C. The number of alkyl carbamates (subject to hydrolysis) is 2. The van der Waals surface area contributed by atoms with Gasteiger partial charge in [0.1, 0.15) is 28.2 Å². The maximum Gasteiger partial charge on any atom is 0.407 e. The summed E-state index contributed by atoms with van der Waals surface area (Å²) in [6.45, 7) is 11.6. The molecule has 55 heavy (non-hydrogen) atoms. The van der Waals surface area contributed by atoms with Crippen LogP contribution in [0.1, 0.15) is 67.2 Å². The highest BCUT2D eigenvalue weighted by Gasteiger charge is 2.49. The quantitative estimate of drug-likeness (QED) is 0.199. The number of rotatable bonds is 11. The average Bonchev–Trinajstić information content (AvgIpc) is 3.89. The third-order valence-electron chi connectivity index (χ3n) is 10.6. The largest absolute Gasteiger partial charge is 0.453 e. The van der Waals surface area contributed by atoms with E-state index in [2.05, 4.69) is 21.3 Å². The summed E-state index contributed by atoms with van der Waals surface area (Å²) in [5.41, 5.74) is 0.467. The fraction of sp³-hybridized carbons (Fsp3) is 0.513. The maximum absolute atomic E-state index is 13.8. The van der Waals surface area contributed by atoms with Crippen molar-refractivity contribution in [3.63, 3.8) is 0 Å². The molecule has 1 aromatic heterocycles. The molecule has 15 nitrogen and oxygen atoms in total. The molecule has 4 atom stereocenters. The Hall–Kier alpha value is -5.25. The number of methoxy groups -OCH3 is 2. The smallest absolute Gasteiger partial charge is 0.407 e. The number of nitrogens with zero attached hydrogens (tertiary/aromatic N) is 3. The van der Waals surface area contributed by atoms with Crippen LogP contribution in [-0.4, -0.2) is 101 Å². The number of thiazole rings is 1. The molecule has 0 radical (unpaired) electrons. The van der Waals surface area contributed by atoms with Crippen molar-refractivity contribution in [1.29, 1.82) is 0 Å². The molecule has 6 amide bonds. The first-order valence-corrected chi connectivity index (χ1v) is 19.3. The van der Waals surface area contributed by atoms with Gasteiger partial charge >= 0.3 is 12.2 Å². The molecule has 0 aliphatic carbocycles. The van der Waals surface area contributed by atoms with Gasteiger partial charge < -0.3 is 40.5 Å². The molecule has 3 aromatic rings. The van der Waals surface area contributed by atoms with Crippen LogP contribution in [0.3, 0.4) is 0 Å². The van der Waals surface area contributed by atoms with Crippen molar-refractivity contribution in [1.82, 2.24) is 25.4 Å². The van der Waals surface area contributed by atoms with E-state index in [-0.39, 0.29) is 35.5 Å². The Bertz CT molecular complexity index is 1950. The summed E-state index contributed by atoms with van der Waals surface area (Å²) in [6, 6.07) is 11.1. The summed E-state index contributed by atoms with van der Waals surface area (Å²) in [7, 11) is 2.47. The monoisotopic (exact) mass is 777 g/mol. The van der Waals surface area contributed by atoms with E-state index in [0.29, 0.717) is 50.1 Å². The number of benzene rings is 2. The van der Waals surface area contributed by atoms with Crippen molar-refractivity contribution >= 4 is 68.7 Å². The van der Waals surface area contributed by atoms with Crippen LogP contribution in [0.15, 0.2) is 42.5 Å². The first kappa shape index (κ1) is 40.9. The zero-order valence-corrected chi connectivity index (χ0v) is 33.4. The van der Waals surface area contributed by atoms with E-state index in [1.54, 1.807) is 41.8 Å². The molecule has 0 bridgehead atoms. The topological polar surface area (TPSA) is 188 Å². The molecular formula is C39H51N7O8S. The number of fused-ring (bicyclic) bond motifs is 1. The number of likely N-dealkylation sites (tertiary alicyclic amines) is 2. The van der Waals surface area contributed by atoms with E-state index >= 15 is 0 Å². The third kappa shape index (κ3) is 8.53. The van der Waals surface area contributed by atoms with Gasteiger partial charge in [0, 0.05) is 30.0 Å². The lowest BCUT2D eigenvalue weighted by atomic mass is 9.95. The van der Waals surface area contributed by atoms with E-state index in [1.807, 2.05) is 52.0 Å². The summed E-state index contributed by atoms with van der Waals surface area (Å²) in [5.74, 6) is -1.75. The lowest BCUT2D eigenvalue weighted by Gasteiger charge is -2.37. The second kappa shape index (κ2) is 16.6. The molecule has 2 aromatic carbocycles. The fourth-order valence-electron chi connectivity index (χ4n) is 7.19. The van der Waals surface area contributed by atoms with Gasteiger partial charge in [-0.15, -0.1) is 11.3 Å². The number of hydrogen-bond acceptors (Lipinski definition) is 10. The predicted molar refractivity (Wildman–Crippen MR) is 209 cm³/mol.